The van der Waals surface area contributed by atoms with Crippen LogP contribution in [0.1, 0.15) is 20.7 Å². The molecule has 2 aromatic rings. The van der Waals surface area contributed by atoms with E-state index in [4.69, 9.17) is 0 Å². The molecule has 0 radical (unpaired) electrons. The molecule has 0 fully saturated rings. The van der Waals surface area contributed by atoms with Gasteiger partial charge in [0.15, 0.2) is 0 Å². The van der Waals surface area contributed by atoms with E-state index in [9.17, 15) is 18.4 Å². The molecule has 132 valence electrons. The third-order valence-electron chi connectivity index (χ3n) is 3.29. The zero-order valence-electron chi connectivity index (χ0n) is 13.8. The summed E-state index contributed by atoms with van der Waals surface area (Å²) in [5, 5.41) is 5.03. The van der Waals surface area contributed by atoms with Gasteiger partial charge in [0.05, 0.1) is 16.8 Å². The molecule has 0 aliphatic rings. The highest BCUT2D eigenvalue weighted by molar-refractivity contribution is 6.05. The van der Waals surface area contributed by atoms with Crippen molar-refractivity contribution in [2.75, 3.05) is 32.5 Å². The molecule has 0 atom stereocenters. The minimum atomic E-state index is -0.890. The highest BCUT2D eigenvalue weighted by atomic mass is 19.1. The van der Waals surface area contributed by atoms with Crippen molar-refractivity contribution in [1.29, 1.82) is 0 Å². The molecule has 0 aliphatic carbocycles. The lowest BCUT2D eigenvalue weighted by atomic mass is 10.1. The molecule has 1 aromatic heterocycles. The molecule has 1 heterocycles. The summed E-state index contributed by atoms with van der Waals surface area (Å²) in [7, 11) is 3.76. The number of likely N-dealkylation sites (N-methyl/N-ethyl adjacent to an activating group) is 1. The van der Waals surface area contributed by atoms with Crippen molar-refractivity contribution in [3.8, 4) is 0 Å². The monoisotopic (exact) mass is 348 g/mol. The number of rotatable bonds is 6. The van der Waals surface area contributed by atoms with Crippen LogP contribution in [-0.4, -0.2) is 48.9 Å². The van der Waals surface area contributed by atoms with E-state index in [2.05, 4.69) is 15.6 Å². The Hall–Kier alpha value is -2.87. The third kappa shape index (κ3) is 5.32. The highest BCUT2D eigenvalue weighted by Crippen LogP contribution is 2.16. The van der Waals surface area contributed by atoms with Gasteiger partial charge in [-0.25, -0.2) is 8.78 Å². The second kappa shape index (κ2) is 8.29. The van der Waals surface area contributed by atoms with Gasteiger partial charge in [0.2, 0.25) is 0 Å². The third-order valence-corrected chi connectivity index (χ3v) is 3.29. The number of halogens is 2. The van der Waals surface area contributed by atoms with Crippen LogP contribution < -0.4 is 10.6 Å². The SMILES string of the molecule is CN(C)CCNC(=O)c1cncc(C(=O)Nc2ccc(F)cc2F)c1. The molecular weight excluding hydrogens is 330 g/mol. The van der Waals surface area contributed by atoms with Gasteiger partial charge in [-0.2, -0.15) is 0 Å². The van der Waals surface area contributed by atoms with Crippen molar-refractivity contribution in [3.05, 3.63) is 59.4 Å². The molecule has 1 aromatic carbocycles. The Balaban J connectivity index is 2.06. The number of aromatic nitrogens is 1. The fourth-order valence-electron chi connectivity index (χ4n) is 1.97. The van der Waals surface area contributed by atoms with Gasteiger partial charge < -0.3 is 15.5 Å². The smallest absolute Gasteiger partial charge is 0.257 e. The molecule has 8 heteroatoms. The average Bonchev–Trinajstić information content (AvgIpc) is 2.57. The Labute approximate surface area is 143 Å². The van der Waals surface area contributed by atoms with Crippen molar-refractivity contribution >= 4 is 17.5 Å². The van der Waals surface area contributed by atoms with Gasteiger partial charge in [-0.05, 0) is 32.3 Å². The van der Waals surface area contributed by atoms with E-state index in [0.717, 1.165) is 12.1 Å². The quantitative estimate of drug-likeness (QED) is 0.836. The first-order chi connectivity index (χ1) is 11.9. The highest BCUT2D eigenvalue weighted by Gasteiger charge is 2.13. The minimum absolute atomic E-state index is 0.0870. The Morgan fingerprint density at radius 3 is 2.40 bits per heavy atom. The Morgan fingerprint density at radius 2 is 1.76 bits per heavy atom. The topological polar surface area (TPSA) is 74.3 Å². The number of nitrogens with one attached hydrogen (secondary N) is 2. The van der Waals surface area contributed by atoms with E-state index in [1.165, 1.54) is 18.5 Å². The van der Waals surface area contributed by atoms with E-state index in [-0.39, 0.29) is 22.7 Å². The number of hydrogen-bond donors (Lipinski definition) is 2. The van der Waals surface area contributed by atoms with Crippen molar-refractivity contribution in [1.82, 2.24) is 15.2 Å². The maximum atomic E-state index is 13.6. The van der Waals surface area contributed by atoms with Gasteiger partial charge in [-0.3, -0.25) is 14.6 Å². The first-order valence-corrected chi connectivity index (χ1v) is 7.51. The Bertz CT molecular complexity index is 781. The first-order valence-electron chi connectivity index (χ1n) is 7.51. The van der Waals surface area contributed by atoms with Crippen LogP contribution in [0.25, 0.3) is 0 Å². The van der Waals surface area contributed by atoms with Gasteiger partial charge in [0.25, 0.3) is 11.8 Å². The van der Waals surface area contributed by atoms with Crippen LogP contribution >= 0.6 is 0 Å². The second-order valence-corrected chi connectivity index (χ2v) is 5.60. The van der Waals surface area contributed by atoms with Crippen molar-refractivity contribution in [2.45, 2.75) is 0 Å². The predicted octanol–water partition coefficient (Wildman–Crippen LogP) is 1.90. The number of nitrogens with zero attached hydrogens (tertiary/aromatic N) is 2. The number of amides is 2. The maximum Gasteiger partial charge on any atom is 0.257 e. The molecule has 2 amide bonds. The normalized spacial score (nSPS) is 10.6. The fourth-order valence-corrected chi connectivity index (χ4v) is 1.97. The number of carbonyl (C=O) groups is 2. The minimum Gasteiger partial charge on any atom is -0.351 e. The van der Waals surface area contributed by atoms with Crippen molar-refractivity contribution in [2.24, 2.45) is 0 Å². The van der Waals surface area contributed by atoms with Crippen LogP contribution in [0.2, 0.25) is 0 Å². The molecule has 0 bridgehead atoms. The molecule has 2 N–H and O–H groups in total. The first kappa shape index (κ1) is 18.5. The number of anilines is 1. The number of benzene rings is 1. The summed E-state index contributed by atoms with van der Waals surface area (Å²) in [5.41, 5.74) is 0.141. The Morgan fingerprint density at radius 1 is 1.08 bits per heavy atom. The molecule has 0 unspecified atom stereocenters. The summed E-state index contributed by atoms with van der Waals surface area (Å²) in [6.07, 6.45) is 2.59. The van der Waals surface area contributed by atoms with E-state index < -0.39 is 17.5 Å². The lowest BCUT2D eigenvalue weighted by molar-refractivity contribution is 0.0950. The van der Waals surface area contributed by atoms with Gasteiger partial charge in [0, 0.05) is 31.5 Å². The molecular formula is C17H18F2N4O2. The van der Waals surface area contributed by atoms with Crippen molar-refractivity contribution in [3.63, 3.8) is 0 Å². The largest absolute Gasteiger partial charge is 0.351 e. The molecule has 0 saturated heterocycles. The standard InChI is InChI=1S/C17H18F2N4O2/c1-23(2)6-5-21-16(24)11-7-12(10-20-9-11)17(25)22-15-4-3-13(18)8-14(15)19/h3-4,7-10H,5-6H2,1-2H3,(H,21,24)(H,22,25). The lowest BCUT2D eigenvalue weighted by Gasteiger charge is -2.11. The van der Waals surface area contributed by atoms with E-state index in [0.29, 0.717) is 19.2 Å². The number of pyridine rings is 1. The molecule has 0 saturated carbocycles. The van der Waals surface area contributed by atoms with E-state index in [1.807, 2.05) is 19.0 Å². The molecule has 0 spiro atoms. The lowest BCUT2D eigenvalue weighted by Crippen LogP contribution is -2.31. The zero-order valence-corrected chi connectivity index (χ0v) is 13.8. The number of hydrogen-bond acceptors (Lipinski definition) is 4. The van der Waals surface area contributed by atoms with Crippen LogP contribution in [-0.2, 0) is 0 Å². The second-order valence-electron chi connectivity index (χ2n) is 5.60. The Kier molecular flexibility index (Phi) is 6.13. The van der Waals surface area contributed by atoms with Crippen LogP contribution in [0.4, 0.5) is 14.5 Å². The molecule has 6 nitrogen and oxygen atoms in total. The molecule has 2 rings (SSSR count). The summed E-state index contributed by atoms with van der Waals surface area (Å²) in [4.78, 5) is 30.0. The summed E-state index contributed by atoms with van der Waals surface area (Å²) in [6.45, 7) is 1.12. The summed E-state index contributed by atoms with van der Waals surface area (Å²) in [6, 6.07) is 4.18. The summed E-state index contributed by atoms with van der Waals surface area (Å²) >= 11 is 0. The van der Waals surface area contributed by atoms with E-state index in [1.54, 1.807) is 0 Å². The molecule has 0 aliphatic heterocycles. The van der Waals surface area contributed by atoms with Crippen LogP contribution in [0.3, 0.4) is 0 Å². The van der Waals surface area contributed by atoms with Crippen LogP contribution in [0.15, 0.2) is 36.7 Å². The predicted molar refractivity (Wildman–Crippen MR) is 89.4 cm³/mol. The van der Waals surface area contributed by atoms with Gasteiger partial charge in [-0.15, -0.1) is 0 Å². The average molecular weight is 348 g/mol. The van der Waals surface area contributed by atoms with Gasteiger partial charge in [-0.1, -0.05) is 0 Å². The van der Waals surface area contributed by atoms with Crippen LogP contribution in [0, 0.1) is 11.6 Å². The van der Waals surface area contributed by atoms with Gasteiger partial charge in [0.1, 0.15) is 11.6 Å². The summed E-state index contributed by atoms with van der Waals surface area (Å²) in [5.74, 6) is -2.65. The zero-order chi connectivity index (χ0) is 18.4. The van der Waals surface area contributed by atoms with E-state index >= 15 is 0 Å². The molecule has 25 heavy (non-hydrogen) atoms. The van der Waals surface area contributed by atoms with Gasteiger partial charge >= 0.3 is 0 Å². The maximum absolute atomic E-state index is 13.6. The summed E-state index contributed by atoms with van der Waals surface area (Å²) < 4.78 is 26.5. The van der Waals surface area contributed by atoms with Crippen LogP contribution in [0.5, 0.6) is 0 Å². The van der Waals surface area contributed by atoms with Crippen molar-refractivity contribution < 1.29 is 18.4 Å². The number of carbonyl (C=O) groups excluding carboxylic acids is 2. The fraction of sp³-hybridized carbons (Fsp3) is 0.235.